The Bertz CT molecular complexity index is 1690. The SMILES string of the molecule is O=C(COc1ccccc1[C@@H]1c2sc(=O)[nH]c2S[C@H]2C(=O)N(c3ccc(Cl)cc3)C(=O)[C@@H]12)Nc1ccc(F)cc1. The molecule has 3 heterocycles. The number of para-hydroxylation sites is 1. The molecule has 0 aliphatic carbocycles. The number of aromatic nitrogens is 1. The number of thioether (sulfide) groups is 1. The number of benzene rings is 3. The Hall–Kier alpha value is -3.93. The Kier molecular flexibility index (Phi) is 6.95. The Morgan fingerprint density at radius 2 is 1.73 bits per heavy atom. The van der Waals surface area contributed by atoms with Crippen molar-refractivity contribution in [3.05, 3.63) is 104 Å². The van der Waals surface area contributed by atoms with Crippen LogP contribution in [0.3, 0.4) is 0 Å². The second kappa shape index (κ2) is 10.6. The molecule has 3 amide bonds. The third-order valence-corrected chi connectivity index (χ3v) is 9.30. The summed E-state index contributed by atoms with van der Waals surface area (Å²) < 4.78 is 19.1. The number of halogens is 2. The van der Waals surface area contributed by atoms with Crippen LogP contribution in [0.2, 0.25) is 5.02 Å². The monoisotopic (exact) mass is 595 g/mol. The van der Waals surface area contributed by atoms with Gasteiger partial charge in [0.1, 0.15) is 16.8 Å². The molecular formula is C28H19ClFN3O5S2. The molecule has 0 saturated carbocycles. The molecule has 6 rings (SSSR count). The third kappa shape index (κ3) is 4.80. The van der Waals surface area contributed by atoms with Crippen LogP contribution >= 0.6 is 34.7 Å². The average molecular weight is 596 g/mol. The molecule has 3 aromatic carbocycles. The highest BCUT2D eigenvalue weighted by molar-refractivity contribution is 8.00. The predicted octanol–water partition coefficient (Wildman–Crippen LogP) is 5.04. The summed E-state index contributed by atoms with van der Waals surface area (Å²) in [5.74, 6) is -2.82. The summed E-state index contributed by atoms with van der Waals surface area (Å²) in [6, 6.07) is 18.7. The van der Waals surface area contributed by atoms with Gasteiger partial charge >= 0.3 is 4.87 Å². The van der Waals surface area contributed by atoms with E-state index in [1.54, 1.807) is 48.5 Å². The molecule has 2 N–H and O–H groups in total. The average Bonchev–Trinajstić information content (AvgIpc) is 3.44. The van der Waals surface area contributed by atoms with Crippen molar-refractivity contribution in [3.63, 3.8) is 0 Å². The highest BCUT2D eigenvalue weighted by Crippen LogP contribution is 2.54. The van der Waals surface area contributed by atoms with Crippen molar-refractivity contribution in [2.45, 2.75) is 16.2 Å². The first kappa shape index (κ1) is 26.3. The molecule has 12 heteroatoms. The standard InChI is InChI=1S/C28H19ClFN3O5S2/c29-14-5-11-17(12-6-14)33-26(35)22-21(23-25(32-28(37)40-23)39-24(22)27(33)36)18-3-1-2-4-19(18)38-13-20(34)31-16-9-7-15(30)8-10-16/h1-12,21-22,24H,13H2,(H,31,34)(H,32,37)/t21-,22-,24+/m0/s1. The van der Waals surface area contributed by atoms with Crippen molar-refractivity contribution in [1.29, 1.82) is 0 Å². The van der Waals surface area contributed by atoms with Gasteiger partial charge in [-0.2, -0.15) is 0 Å². The minimum absolute atomic E-state index is 0.297. The van der Waals surface area contributed by atoms with Crippen LogP contribution in [0.5, 0.6) is 5.75 Å². The van der Waals surface area contributed by atoms with Gasteiger partial charge in [0.05, 0.1) is 16.6 Å². The second-order valence-corrected chi connectivity index (χ2v) is 11.7. The van der Waals surface area contributed by atoms with Gasteiger partial charge in [0.15, 0.2) is 6.61 Å². The van der Waals surface area contributed by atoms with E-state index in [1.165, 1.54) is 40.9 Å². The van der Waals surface area contributed by atoms with Gasteiger partial charge < -0.3 is 15.0 Å². The number of rotatable bonds is 6. The van der Waals surface area contributed by atoms with Crippen LogP contribution in [0.25, 0.3) is 0 Å². The van der Waals surface area contributed by atoms with Crippen molar-refractivity contribution in [2.75, 3.05) is 16.8 Å². The van der Waals surface area contributed by atoms with Gasteiger partial charge in [-0.1, -0.05) is 52.9 Å². The van der Waals surface area contributed by atoms with Gasteiger partial charge in [0.2, 0.25) is 11.8 Å². The van der Waals surface area contributed by atoms with E-state index in [0.29, 0.717) is 37.6 Å². The van der Waals surface area contributed by atoms with E-state index in [4.69, 9.17) is 16.3 Å². The summed E-state index contributed by atoms with van der Waals surface area (Å²) in [7, 11) is 0. The number of carbonyl (C=O) groups excluding carboxylic acids is 3. The molecular weight excluding hydrogens is 577 g/mol. The van der Waals surface area contributed by atoms with Crippen LogP contribution in [0, 0.1) is 11.7 Å². The number of nitrogens with zero attached hydrogens (tertiary/aromatic N) is 1. The van der Waals surface area contributed by atoms with Crippen molar-refractivity contribution >= 4 is 63.8 Å². The minimum atomic E-state index is -0.815. The molecule has 0 spiro atoms. The highest BCUT2D eigenvalue weighted by Gasteiger charge is 2.56. The first-order chi connectivity index (χ1) is 19.3. The lowest BCUT2D eigenvalue weighted by molar-refractivity contribution is -0.122. The lowest BCUT2D eigenvalue weighted by Crippen LogP contribution is -2.32. The largest absolute Gasteiger partial charge is 0.483 e. The maximum Gasteiger partial charge on any atom is 0.305 e. The van der Waals surface area contributed by atoms with E-state index in [1.807, 2.05) is 0 Å². The van der Waals surface area contributed by atoms with Crippen LogP contribution in [0.1, 0.15) is 16.4 Å². The zero-order chi connectivity index (χ0) is 28.0. The number of anilines is 2. The lowest BCUT2D eigenvalue weighted by atomic mass is 9.82. The number of carbonyl (C=O) groups is 3. The second-order valence-electron chi connectivity index (χ2n) is 9.12. The van der Waals surface area contributed by atoms with Gasteiger partial charge in [-0.05, 0) is 54.6 Å². The van der Waals surface area contributed by atoms with Gasteiger partial charge in [-0.25, -0.2) is 9.29 Å². The lowest BCUT2D eigenvalue weighted by Gasteiger charge is -2.30. The Balaban J connectivity index is 1.33. The Morgan fingerprint density at radius 1 is 1.00 bits per heavy atom. The number of amides is 3. The zero-order valence-electron chi connectivity index (χ0n) is 20.4. The maximum atomic E-state index is 13.9. The highest BCUT2D eigenvalue weighted by atomic mass is 35.5. The molecule has 1 fully saturated rings. The summed E-state index contributed by atoms with van der Waals surface area (Å²) in [6.45, 7) is -0.357. The van der Waals surface area contributed by atoms with Crippen LogP contribution in [0.15, 0.2) is 82.6 Å². The molecule has 2 aliphatic rings. The first-order valence-corrected chi connectivity index (χ1v) is 14.2. The number of hydrogen-bond acceptors (Lipinski definition) is 7. The Morgan fingerprint density at radius 3 is 2.48 bits per heavy atom. The number of aromatic amines is 1. The molecule has 0 bridgehead atoms. The molecule has 1 saturated heterocycles. The Labute approximate surface area is 240 Å². The fourth-order valence-electron chi connectivity index (χ4n) is 4.94. The summed E-state index contributed by atoms with van der Waals surface area (Å²) in [4.78, 5) is 56.7. The van der Waals surface area contributed by atoms with Crippen molar-refractivity contribution in [1.82, 2.24) is 4.98 Å². The molecule has 2 aliphatic heterocycles. The van der Waals surface area contributed by atoms with Crippen molar-refractivity contribution in [3.8, 4) is 5.75 Å². The van der Waals surface area contributed by atoms with E-state index in [0.717, 1.165) is 11.3 Å². The number of H-pyrrole nitrogens is 1. The van der Waals surface area contributed by atoms with Crippen LogP contribution in [0.4, 0.5) is 15.8 Å². The van der Waals surface area contributed by atoms with Crippen LogP contribution in [-0.2, 0) is 14.4 Å². The van der Waals surface area contributed by atoms with Crippen molar-refractivity contribution < 1.29 is 23.5 Å². The molecule has 8 nitrogen and oxygen atoms in total. The van der Waals surface area contributed by atoms with Crippen LogP contribution < -0.4 is 19.8 Å². The summed E-state index contributed by atoms with van der Waals surface area (Å²) in [5.41, 5.74) is 1.39. The number of hydrogen-bond donors (Lipinski definition) is 2. The van der Waals surface area contributed by atoms with E-state index in [2.05, 4.69) is 10.3 Å². The van der Waals surface area contributed by atoms with E-state index in [-0.39, 0.29) is 17.4 Å². The van der Waals surface area contributed by atoms with Gasteiger partial charge in [0, 0.05) is 27.1 Å². The summed E-state index contributed by atoms with van der Waals surface area (Å²) >= 11 is 8.17. The predicted molar refractivity (Wildman–Crippen MR) is 151 cm³/mol. The fourth-order valence-corrected chi connectivity index (χ4v) is 7.57. The van der Waals surface area contributed by atoms with Gasteiger partial charge in [-0.15, -0.1) is 0 Å². The number of fused-ring (bicyclic) bond motifs is 2. The number of imide groups is 1. The topological polar surface area (TPSA) is 109 Å². The molecule has 0 unspecified atom stereocenters. The summed E-state index contributed by atoms with van der Waals surface area (Å²) in [6.07, 6.45) is 0. The molecule has 202 valence electrons. The normalized spacial score (nSPS) is 19.8. The molecule has 0 radical (unpaired) electrons. The zero-order valence-corrected chi connectivity index (χ0v) is 22.8. The number of thiazole rings is 1. The fraction of sp³-hybridized carbons (Fsp3) is 0.143. The molecule has 3 atom stereocenters. The third-order valence-electron chi connectivity index (χ3n) is 6.65. The van der Waals surface area contributed by atoms with E-state index in [9.17, 15) is 23.6 Å². The molecule has 4 aromatic rings. The molecule has 40 heavy (non-hydrogen) atoms. The quantitative estimate of drug-likeness (QED) is 0.302. The van der Waals surface area contributed by atoms with Crippen molar-refractivity contribution in [2.24, 2.45) is 5.92 Å². The number of nitrogens with one attached hydrogen (secondary N) is 2. The number of ether oxygens (including phenoxy) is 1. The smallest absolute Gasteiger partial charge is 0.305 e. The molecule has 1 aromatic heterocycles. The van der Waals surface area contributed by atoms with Gasteiger partial charge in [0.25, 0.3) is 5.91 Å². The van der Waals surface area contributed by atoms with E-state index >= 15 is 0 Å². The van der Waals surface area contributed by atoms with Crippen LogP contribution in [-0.4, -0.2) is 34.6 Å². The van der Waals surface area contributed by atoms with Gasteiger partial charge in [-0.3, -0.25) is 19.2 Å². The minimum Gasteiger partial charge on any atom is -0.483 e. The first-order valence-electron chi connectivity index (χ1n) is 12.1. The maximum absolute atomic E-state index is 13.9. The van der Waals surface area contributed by atoms with E-state index < -0.39 is 34.7 Å². The summed E-state index contributed by atoms with van der Waals surface area (Å²) in [5, 5.41) is 2.87.